The van der Waals surface area contributed by atoms with Crippen LogP contribution in [0.1, 0.15) is 6.42 Å². The molecule has 1 aliphatic rings. The summed E-state index contributed by atoms with van der Waals surface area (Å²) in [6, 6.07) is 3.39. The van der Waals surface area contributed by atoms with Gasteiger partial charge in [-0.2, -0.15) is 0 Å². The van der Waals surface area contributed by atoms with Crippen molar-refractivity contribution in [2.75, 3.05) is 32.2 Å². The van der Waals surface area contributed by atoms with Crippen molar-refractivity contribution in [3.63, 3.8) is 0 Å². The minimum absolute atomic E-state index is 0.281. The molecule has 19 heavy (non-hydrogen) atoms. The molecular formula is C12H15FN2O4. The topological polar surface area (TPSA) is 73.6 Å². The minimum atomic E-state index is -0.647. The molecule has 1 N–H and O–H groups in total. The molecule has 1 aromatic carbocycles. The first-order valence-corrected chi connectivity index (χ1v) is 5.86. The minimum Gasteiger partial charge on any atom is -0.382 e. The van der Waals surface area contributed by atoms with E-state index in [1.54, 1.807) is 7.11 Å². The third-order valence-electron chi connectivity index (χ3n) is 3.21. The van der Waals surface area contributed by atoms with E-state index in [2.05, 4.69) is 5.32 Å². The van der Waals surface area contributed by atoms with Crippen LogP contribution in [0, 0.1) is 15.9 Å². The van der Waals surface area contributed by atoms with Gasteiger partial charge in [0, 0.05) is 38.4 Å². The quantitative estimate of drug-likeness (QED) is 0.654. The molecule has 0 aromatic heterocycles. The summed E-state index contributed by atoms with van der Waals surface area (Å²) in [5, 5.41) is 13.6. The number of nitrogens with zero attached hydrogens (tertiary/aromatic N) is 1. The van der Waals surface area contributed by atoms with Crippen LogP contribution in [0.25, 0.3) is 0 Å². The van der Waals surface area contributed by atoms with Crippen molar-refractivity contribution in [1.29, 1.82) is 0 Å². The number of nitrogens with one attached hydrogen (secondary N) is 1. The van der Waals surface area contributed by atoms with E-state index in [-0.39, 0.29) is 5.69 Å². The van der Waals surface area contributed by atoms with Gasteiger partial charge in [-0.15, -0.1) is 0 Å². The van der Waals surface area contributed by atoms with Crippen molar-refractivity contribution in [1.82, 2.24) is 0 Å². The second-order valence-corrected chi connectivity index (χ2v) is 4.50. The first kappa shape index (κ1) is 13.7. The smallest absolute Gasteiger partial charge is 0.274 e. The van der Waals surface area contributed by atoms with E-state index >= 15 is 0 Å². The van der Waals surface area contributed by atoms with Crippen LogP contribution in [0.15, 0.2) is 18.2 Å². The zero-order valence-electron chi connectivity index (χ0n) is 10.5. The maximum atomic E-state index is 13.3. The van der Waals surface area contributed by atoms with E-state index in [4.69, 9.17) is 9.47 Å². The van der Waals surface area contributed by atoms with Gasteiger partial charge < -0.3 is 14.8 Å². The van der Waals surface area contributed by atoms with Gasteiger partial charge in [-0.3, -0.25) is 10.1 Å². The average molecular weight is 270 g/mol. The van der Waals surface area contributed by atoms with Crippen molar-refractivity contribution in [3.05, 3.63) is 34.1 Å². The molecule has 1 fully saturated rings. The summed E-state index contributed by atoms with van der Waals surface area (Å²) in [5.74, 6) is -0.647. The molecule has 6 nitrogen and oxygen atoms in total. The van der Waals surface area contributed by atoms with Crippen LogP contribution in [0.5, 0.6) is 0 Å². The molecule has 0 aliphatic carbocycles. The highest BCUT2D eigenvalue weighted by molar-refractivity contribution is 5.51. The van der Waals surface area contributed by atoms with Gasteiger partial charge in [-0.1, -0.05) is 0 Å². The van der Waals surface area contributed by atoms with Crippen LogP contribution in [0.2, 0.25) is 0 Å². The average Bonchev–Trinajstić information content (AvgIpc) is 2.85. The number of hydrogen-bond acceptors (Lipinski definition) is 5. The predicted molar refractivity (Wildman–Crippen MR) is 66.7 cm³/mol. The van der Waals surface area contributed by atoms with Crippen LogP contribution in [-0.4, -0.2) is 37.4 Å². The normalized spacial score (nSPS) is 22.4. The number of benzene rings is 1. The third-order valence-corrected chi connectivity index (χ3v) is 3.21. The molecule has 0 radical (unpaired) electrons. The lowest BCUT2D eigenvalue weighted by atomic mass is 10.0. The van der Waals surface area contributed by atoms with Crippen LogP contribution >= 0.6 is 0 Å². The van der Waals surface area contributed by atoms with E-state index in [1.807, 2.05) is 0 Å². The first-order valence-electron chi connectivity index (χ1n) is 5.86. The Labute approximate surface area is 109 Å². The zero-order valence-corrected chi connectivity index (χ0v) is 10.5. The fourth-order valence-electron chi connectivity index (χ4n) is 2.01. The van der Waals surface area contributed by atoms with E-state index < -0.39 is 16.3 Å². The molecular weight excluding hydrogens is 255 g/mol. The molecule has 2 rings (SSSR count). The van der Waals surface area contributed by atoms with E-state index in [1.165, 1.54) is 12.1 Å². The molecule has 0 spiro atoms. The van der Waals surface area contributed by atoms with Crippen molar-refractivity contribution in [2.24, 2.45) is 0 Å². The molecule has 7 heteroatoms. The fourth-order valence-corrected chi connectivity index (χ4v) is 2.01. The Bertz CT molecular complexity index is 475. The Morgan fingerprint density at radius 3 is 2.95 bits per heavy atom. The molecule has 1 atom stereocenters. The highest BCUT2D eigenvalue weighted by atomic mass is 19.1. The van der Waals surface area contributed by atoms with Crippen molar-refractivity contribution in [3.8, 4) is 0 Å². The van der Waals surface area contributed by atoms with Crippen LogP contribution in [0.3, 0.4) is 0 Å². The Morgan fingerprint density at radius 2 is 2.37 bits per heavy atom. The number of non-ortho nitro benzene ring substituents is 1. The van der Waals surface area contributed by atoms with Crippen LogP contribution in [-0.2, 0) is 9.47 Å². The number of hydrogen-bond donors (Lipinski definition) is 1. The lowest BCUT2D eigenvalue weighted by molar-refractivity contribution is -0.385. The number of anilines is 1. The summed E-state index contributed by atoms with van der Waals surface area (Å²) in [6.07, 6.45) is 0.730. The molecule has 1 heterocycles. The predicted octanol–water partition coefficient (Wildman–Crippen LogP) is 1.95. The van der Waals surface area contributed by atoms with E-state index in [9.17, 15) is 14.5 Å². The third kappa shape index (κ3) is 3.18. The van der Waals surface area contributed by atoms with Gasteiger partial charge in [-0.05, 0) is 6.07 Å². The number of nitro groups is 1. The largest absolute Gasteiger partial charge is 0.382 e. The Morgan fingerprint density at radius 1 is 1.58 bits per heavy atom. The maximum absolute atomic E-state index is 13.3. The summed E-state index contributed by atoms with van der Waals surface area (Å²) in [6.45, 7) is 1.47. The Kier molecular flexibility index (Phi) is 3.96. The van der Waals surface area contributed by atoms with Gasteiger partial charge in [-0.25, -0.2) is 4.39 Å². The van der Waals surface area contributed by atoms with Gasteiger partial charge in [0.2, 0.25) is 0 Å². The van der Waals surface area contributed by atoms with Crippen molar-refractivity contribution >= 4 is 11.4 Å². The molecule has 1 aromatic rings. The maximum Gasteiger partial charge on any atom is 0.274 e. The SMILES string of the molecule is COC1(CNc2cc(F)cc([N+](=O)[O-])c2)CCOC1. The number of nitro benzene ring substituents is 1. The molecule has 1 unspecified atom stereocenters. The molecule has 1 saturated heterocycles. The lowest BCUT2D eigenvalue weighted by Gasteiger charge is -2.26. The summed E-state index contributed by atoms with van der Waals surface area (Å²) >= 11 is 0. The van der Waals surface area contributed by atoms with Gasteiger partial charge in [0.1, 0.15) is 11.4 Å². The van der Waals surface area contributed by atoms with Gasteiger partial charge >= 0.3 is 0 Å². The summed E-state index contributed by atoms with van der Waals surface area (Å²) in [4.78, 5) is 10.0. The van der Waals surface area contributed by atoms with Crippen LogP contribution in [0.4, 0.5) is 15.8 Å². The van der Waals surface area contributed by atoms with E-state index in [0.29, 0.717) is 25.4 Å². The summed E-state index contributed by atoms with van der Waals surface area (Å²) in [7, 11) is 1.59. The molecule has 0 saturated carbocycles. The summed E-state index contributed by atoms with van der Waals surface area (Å²) in [5.41, 5.74) is -0.382. The molecule has 0 amide bonds. The van der Waals surface area contributed by atoms with E-state index in [0.717, 1.165) is 12.5 Å². The van der Waals surface area contributed by atoms with Crippen molar-refractivity contribution in [2.45, 2.75) is 12.0 Å². The molecule has 1 aliphatic heterocycles. The number of methoxy groups -OCH3 is 1. The second-order valence-electron chi connectivity index (χ2n) is 4.50. The monoisotopic (exact) mass is 270 g/mol. The van der Waals surface area contributed by atoms with Crippen molar-refractivity contribution < 1.29 is 18.8 Å². The summed E-state index contributed by atoms with van der Waals surface area (Å²) < 4.78 is 24.0. The number of rotatable bonds is 5. The van der Waals surface area contributed by atoms with Gasteiger partial charge in [0.05, 0.1) is 17.6 Å². The first-order chi connectivity index (χ1) is 9.04. The number of ether oxygens (including phenoxy) is 2. The van der Waals surface area contributed by atoms with Gasteiger partial charge in [0.25, 0.3) is 5.69 Å². The fraction of sp³-hybridized carbons (Fsp3) is 0.500. The highest BCUT2D eigenvalue weighted by Gasteiger charge is 2.34. The highest BCUT2D eigenvalue weighted by Crippen LogP contribution is 2.25. The molecule has 0 bridgehead atoms. The van der Waals surface area contributed by atoms with Gasteiger partial charge in [0.15, 0.2) is 0 Å². The number of halogens is 1. The lowest BCUT2D eigenvalue weighted by Crippen LogP contribution is -2.39. The zero-order chi connectivity index (χ0) is 13.9. The van der Waals surface area contributed by atoms with Crippen LogP contribution < -0.4 is 5.32 Å². The second kappa shape index (κ2) is 5.50. The molecule has 104 valence electrons. The standard InChI is InChI=1S/C12H15FN2O4/c1-18-12(2-3-19-8-12)7-14-10-4-9(13)5-11(6-10)15(16)17/h4-6,14H,2-3,7-8H2,1H3. The Hall–Kier alpha value is -1.73. The Balaban J connectivity index is 2.08.